The highest BCUT2D eigenvalue weighted by atomic mass is 16.3. The van der Waals surface area contributed by atoms with Crippen molar-refractivity contribution in [2.45, 2.75) is 96.2 Å². The number of hydrogen-bond donors (Lipinski definition) is 4. The van der Waals surface area contributed by atoms with Gasteiger partial charge in [-0.3, -0.25) is 0 Å². The quantitative estimate of drug-likeness (QED) is 0.396. The van der Waals surface area contributed by atoms with E-state index in [9.17, 15) is 10.2 Å². The Hall–Kier alpha value is -1.40. The van der Waals surface area contributed by atoms with E-state index in [1.807, 2.05) is 13.0 Å². The van der Waals surface area contributed by atoms with Crippen LogP contribution in [0.3, 0.4) is 0 Å². The summed E-state index contributed by atoms with van der Waals surface area (Å²) in [4.78, 5) is 4.27. The molecule has 4 aliphatic carbocycles. The lowest BCUT2D eigenvalue weighted by atomic mass is 9.43. The van der Waals surface area contributed by atoms with Gasteiger partial charge in [0, 0.05) is 12.8 Å². The normalized spacial score (nSPS) is 48.6. The lowest BCUT2D eigenvalue weighted by Crippen LogP contribution is -2.61. The molecule has 0 amide bonds. The largest absolute Gasteiger partial charge is 0.389 e. The zero-order valence-electron chi connectivity index (χ0n) is 20.2. The van der Waals surface area contributed by atoms with E-state index in [0.717, 1.165) is 57.2 Å². The Morgan fingerprint density at radius 1 is 1.09 bits per heavy atom. The number of aliphatic hydroxyl groups is 2. The molecule has 0 aromatic heterocycles. The van der Waals surface area contributed by atoms with Crippen LogP contribution in [0.2, 0.25) is 0 Å². The maximum Gasteiger partial charge on any atom is 0.212 e. The van der Waals surface area contributed by atoms with Crippen molar-refractivity contribution in [3.8, 4) is 0 Å². The predicted molar refractivity (Wildman–Crippen MR) is 128 cm³/mol. The SMILES string of the molecule is CC(C=NNC1=NCCN1)=C[C@]1(O)CC[C@@]2(C)[C@H](CC[C@@H]3[C@@H]2CC[C@]2(C)CCC[C@]32O)C1. The highest BCUT2D eigenvalue weighted by Gasteiger charge is 2.65. The summed E-state index contributed by atoms with van der Waals surface area (Å²) >= 11 is 0. The van der Waals surface area contributed by atoms with Crippen LogP contribution in [0.25, 0.3) is 0 Å². The van der Waals surface area contributed by atoms with Crippen LogP contribution >= 0.6 is 0 Å². The van der Waals surface area contributed by atoms with Crippen LogP contribution in [0.5, 0.6) is 0 Å². The molecule has 0 aromatic rings. The van der Waals surface area contributed by atoms with E-state index in [2.05, 4.69) is 34.7 Å². The average molecular weight is 443 g/mol. The third kappa shape index (κ3) is 3.53. The van der Waals surface area contributed by atoms with Crippen molar-refractivity contribution in [1.29, 1.82) is 0 Å². The molecular formula is C26H42N4O2. The third-order valence-electron chi connectivity index (χ3n) is 10.3. The molecular weight excluding hydrogens is 400 g/mol. The molecule has 4 fully saturated rings. The summed E-state index contributed by atoms with van der Waals surface area (Å²) in [5, 5.41) is 30.8. The first-order valence-electron chi connectivity index (χ1n) is 12.9. The minimum Gasteiger partial charge on any atom is -0.389 e. The van der Waals surface area contributed by atoms with Crippen molar-refractivity contribution in [2.75, 3.05) is 13.1 Å². The lowest BCUT2D eigenvalue weighted by molar-refractivity contribution is -0.206. The number of hydrazone groups is 1. The van der Waals surface area contributed by atoms with Crippen molar-refractivity contribution in [1.82, 2.24) is 10.7 Å². The van der Waals surface area contributed by atoms with Gasteiger partial charge in [-0.25, -0.2) is 10.4 Å². The molecule has 5 rings (SSSR count). The molecule has 0 unspecified atom stereocenters. The fraction of sp³-hybridized carbons (Fsp3) is 0.846. The Bertz CT molecular complexity index is 840. The zero-order valence-corrected chi connectivity index (χ0v) is 20.2. The first-order valence-corrected chi connectivity index (χ1v) is 12.9. The number of nitrogens with one attached hydrogen (secondary N) is 2. The number of hydrogen-bond acceptors (Lipinski definition) is 6. The molecule has 6 heteroatoms. The Kier molecular flexibility index (Phi) is 5.48. The monoisotopic (exact) mass is 442 g/mol. The summed E-state index contributed by atoms with van der Waals surface area (Å²) in [6, 6.07) is 0. The molecule has 178 valence electrons. The fourth-order valence-corrected chi connectivity index (χ4v) is 8.49. The van der Waals surface area contributed by atoms with E-state index in [0.29, 0.717) is 23.7 Å². The van der Waals surface area contributed by atoms with Gasteiger partial charge in [-0.2, -0.15) is 5.10 Å². The van der Waals surface area contributed by atoms with E-state index in [4.69, 9.17) is 0 Å². The lowest BCUT2D eigenvalue weighted by Gasteiger charge is -2.63. The summed E-state index contributed by atoms with van der Waals surface area (Å²) in [5.41, 5.74) is 3.04. The molecule has 0 spiro atoms. The Balaban J connectivity index is 1.28. The Labute approximate surface area is 193 Å². The van der Waals surface area contributed by atoms with Gasteiger partial charge in [-0.1, -0.05) is 13.8 Å². The number of rotatable bonds is 3. The van der Waals surface area contributed by atoms with Crippen LogP contribution in [-0.4, -0.2) is 46.7 Å². The van der Waals surface area contributed by atoms with Gasteiger partial charge in [0.25, 0.3) is 0 Å². The summed E-state index contributed by atoms with van der Waals surface area (Å²) in [7, 11) is 0. The maximum absolute atomic E-state index is 11.9. The molecule has 6 nitrogen and oxygen atoms in total. The van der Waals surface area contributed by atoms with Crippen LogP contribution < -0.4 is 10.7 Å². The molecule has 4 N–H and O–H groups in total. The fourth-order valence-electron chi connectivity index (χ4n) is 8.49. The average Bonchev–Trinajstić information content (AvgIpc) is 3.36. The molecule has 5 aliphatic rings. The maximum atomic E-state index is 11.9. The van der Waals surface area contributed by atoms with Gasteiger partial charge < -0.3 is 15.5 Å². The van der Waals surface area contributed by atoms with Crippen LogP contribution in [0.1, 0.15) is 85.0 Å². The van der Waals surface area contributed by atoms with E-state index in [1.165, 1.54) is 25.7 Å². The second-order valence-electron chi connectivity index (χ2n) is 12.1. The second kappa shape index (κ2) is 7.83. The van der Waals surface area contributed by atoms with Crippen molar-refractivity contribution >= 4 is 12.2 Å². The van der Waals surface area contributed by atoms with E-state index in [1.54, 1.807) is 6.21 Å². The molecule has 0 saturated heterocycles. The number of fused-ring (bicyclic) bond motifs is 5. The third-order valence-corrected chi connectivity index (χ3v) is 10.3. The van der Waals surface area contributed by atoms with Crippen LogP contribution in [0.4, 0.5) is 0 Å². The van der Waals surface area contributed by atoms with Gasteiger partial charge in [-0.15, -0.1) is 0 Å². The van der Waals surface area contributed by atoms with Crippen LogP contribution in [0.15, 0.2) is 21.7 Å². The van der Waals surface area contributed by atoms with Gasteiger partial charge in [0.1, 0.15) is 0 Å². The van der Waals surface area contributed by atoms with Gasteiger partial charge in [0.15, 0.2) is 0 Å². The van der Waals surface area contributed by atoms with E-state index >= 15 is 0 Å². The highest BCUT2D eigenvalue weighted by Crippen LogP contribution is 2.68. The number of allylic oxidation sites excluding steroid dienone is 1. The molecule has 0 aromatic carbocycles. The van der Waals surface area contributed by atoms with Crippen LogP contribution in [0, 0.1) is 28.6 Å². The van der Waals surface area contributed by atoms with Crippen molar-refractivity contribution in [3.05, 3.63) is 11.6 Å². The molecule has 7 atom stereocenters. The van der Waals surface area contributed by atoms with Gasteiger partial charge >= 0.3 is 0 Å². The minimum atomic E-state index is -0.760. The first kappa shape index (κ1) is 22.4. The van der Waals surface area contributed by atoms with Crippen molar-refractivity contribution in [3.63, 3.8) is 0 Å². The number of guanidine groups is 1. The predicted octanol–water partition coefficient (Wildman–Crippen LogP) is 3.75. The minimum absolute atomic E-state index is 0.125. The first-order chi connectivity index (χ1) is 15.2. The molecule has 0 bridgehead atoms. The van der Waals surface area contributed by atoms with Crippen molar-refractivity contribution < 1.29 is 10.2 Å². The van der Waals surface area contributed by atoms with E-state index in [-0.39, 0.29) is 10.8 Å². The Morgan fingerprint density at radius 2 is 1.94 bits per heavy atom. The molecule has 4 saturated carbocycles. The molecule has 1 heterocycles. The van der Waals surface area contributed by atoms with Gasteiger partial charge in [0.05, 0.1) is 17.7 Å². The second-order valence-corrected chi connectivity index (χ2v) is 12.1. The van der Waals surface area contributed by atoms with Gasteiger partial charge in [-0.05, 0) is 111 Å². The summed E-state index contributed by atoms with van der Waals surface area (Å²) in [6.45, 7) is 8.47. The number of aliphatic imine (C=N–C) groups is 1. The number of nitrogens with zero attached hydrogens (tertiary/aromatic N) is 2. The van der Waals surface area contributed by atoms with Crippen molar-refractivity contribution in [2.24, 2.45) is 38.7 Å². The smallest absolute Gasteiger partial charge is 0.212 e. The Morgan fingerprint density at radius 3 is 2.72 bits per heavy atom. The molecule has 32 heavy (non-hydrogen) atoms. The van der Waals surface area contributed by atoms with E-state index < -0.39 is 11.2 Å². The standard InChI is InChI=1S/C26H42N4O2/c1-18(17-29-30-22-27-13-14-28-22)15-25(31)12-11-24(3)19(16-25)5-6-21-20(24)7-10-23(2)8-4-9-26(21,23)32/h15,17,19-21,31-32H,4-14,16H2,1-3H3,(H2,27,28,30)/t19-,20+,21-,23+,24+,25-,26+/m1/s1. The topological polar surface area (TPSA) is 89.2 Å². The zero-order chi connectivity index (χ0) is 22.6. The molecule has 0 radical (unpaired) electrons. The molecule has 1 aliphatic heterocycles. The summed E-state index contributed by atoms with van der Waals surface area (Å²) in [6.07, 6.45) is 14.5. The highest BCUT2D eigenvalue weighted by molar-refractivity contribution is 5.84. The van der Waals surface area contributed by atoms with Crippen LogP contribution in [-0.2, 0) is 0 Å². The van der Waals surface area contributed by atoms with Gasteiger partial charge in [0.2, 0.25) is 5.96 Å². The summed E-state index contributed by atoms with van der Waals surface area (Å²) < 4.78 is 0. The summed E-state index contributed by atoms with van der Waals surface area (Å²) in [5.74, 6) is 2.27.